The number of carbonyl (C=O) groups is 1. The molecule has 2 aromatic carbocycles. The minimum Gasteiger partial charge on any atom is -0.367 e. The van der Waals surface area contributed by atoms with Crippen molar-refractivity contribution in [3.8, 4) is 6.07 Å². The van der Waals surface area contributed by atoms with Crippen molar-refractivity contribution in [2.45, 2.75) is 13.3 Å². The predicted octanol–water partition coefficient (Wildman–Crippen LogP) is 3.02. The maximum atomic E-state index is 14.2. The van der Waals surface area contributed by atoms with E-state index >= 15 is 0 Å². The van der Waals surface area contributed by atoms with Gasteiger partial charge in [-0.25, -0.2) is 4.39 Å². The number of piperazine rings is 1. The van der Waals surface area contributed by atoms with E-state index in [1.807, 2.05) is 35.2 Å². The second kappa shape index (κ2) is 8.65. The molecule has 0 bridgehead atoms. The van der Waals surface area contributed by atoms with Gasteiger partial charge in [-0.2, -0.15) is 5.26 Å². The minimum absolute atomic E-state index is 0.0442. The molecule has 0 atom stereocenters. The topological polar surface area (TPSA) is 59.4 Å². The van der Waals surface area contributed by atoms with Crippen LogP contribution >= 0.6 is 0 Å². The number of nitriles is 1. The van der Waals surface area contributed by atoms with Crippen molar-refractivity contribution in [2.24, 2.45) is 0 Å². The lowest BCUT2D eigenvalue weighted by molar-refractivity contribution is -0.117. The van der Waals surface area contributed by atoms with E-state index < -0.39 is 0 Å². The molecule has 1 amide bonds. The first-order valence-corrected chi connectivity index (χ1v) is 9.15. The number of amides is 1. The normalized spacial score (nSPS) is 14.6. The molecule has 2 aromatic rings. The molecular formula is C21H23FN4O. The highest BCUT2D eigenvalue weighted by atomic mass is 19.1. The van der Waals surface area contributed by atoms with Crippen LogP contribution in [0.15, 0.2) is 42.5 Å². The summed E-state index contributed by atoms with van der Waals surface area (Å²) in [5.41, 5.74) is 2.86. The summed E-state index contributed by atoms with van der Waals surface area (Å²) in [7, 11) is 0. The third-order valence-electron chi connectivity index (χ3n) is 4.80. The van der Waals surface area contributed by atoms with Crippen molar-refractivity contribution in [3.63, 3.8) is 0 Å². The van der Waals surface area contributed by atoms with Crippen molar-refractivity contribution >= 4 is 17.3 Å². The second-order valence-electron chi connectivity index (χ2n) is 6.64. The number of benzene rings is 2. The number of aryl methyl sites for hydroxylation is 1. The van der Waals surface area contributed by atoms with Crippen molar-refractivity contribution < 1.29 is 9.18 Å². The van der Waals surface area contributed by atoms with Gasteiger partial charge in [0.05, 0.1) is 23.9 Å². The molecule has 0 radical (unpaired) electrons. The molecule has 0 aliphatic carbocycles. The highest BCUT2D eigenvalue weighted by Gasteiger charge is 2.21. The molecule has 3 rings (SSSR count). The van der Waals surface area contributed by atoms with Crippen LogP contribution in [-0.4, -0.2) is 43.5 Å². The SMILES string of the molecule is CCc1ccc(NC(=O)CN2CCN(c3ccc(C#N)cc3F)CC2)cc1. The van der Waals surface area contributed by atoms with E-state index in [2.05, 4.69) is 17.1 Å². The van der Waals surface area contributed by atoms with Gasteiger partial charge in [0, 0.05) is 31.9 Å². The molecule has 0 spiro atoms. The smallest absolute Gasteiger partial charge is 0.238 e. The van der Waals surface area contributed by atoms with Gasteiger partial charge in [-0.3, -0.25) is 9.69 Å². The molecule has 1 N–H and O–H groups in total. The zero-order valence-electron chi connectivity index (χ0n) is 15.4. The van der Waals surface area contributed by atoms with Crippen molar-refractivity contribution in [2.75, 3.05) is 42.9 Å². The van der Waals surface area contributed by atoms with Gasteiger partial charge in [-0.05, 0) is 42.3 Å². The summed E-state index contributed by atoms with van der Waals surface area (Å²) in [4.78, 5) is 16.3. The Labute approximate surface area is 159 Å². The Bertz CT molecular complexity index is 836. The number of nitrogens with one attached hydrogen (secondary N) is 1. The zero-order chi connectivity index (χ0) is 19.2. The molecule has 1 aliphatic rings. The molecule has 0 aromatic heterocycles. The predicted molar refractivity (Wildman–Crippen MR) is 104 cm³/mol. The molecule has 6 heteroatoms. The van der Waals surface area contributed by atoms with E-state index in [0.29, 0.717) is 44.0 Å². The molecule has 1 fully saturated rings. The lowest BCUT2D eigenvalue weighted by atomic mass is 10.1. The molecule has 27 heavy (non-hydrogen) atoms. The average molecular weight is 366 g/mol. The molecule has 1 saturated heterocycles. The number of rotatable bonds is 5. The van der Waals surface area contributed by atoms with Gasteiger partial charge in [0.2, 0.25) is 5.91 Å². The Kier molecular flexibility index (Phi) is 6.05. The number of nitrogens with zero attached hydrogens (tertiary/aromatic N) is 3. The molecule has 5 nitrogen and oxygen atoms in total. The third kappa shape index (κ3) is 4.83. The Morgan fingerprint density at radius 1 is 1.15 bits per heavy atom. The van der Waals surface area contributed by atoms with Crippen LogP contribution in [-0.2, 0) is 11.2 Å². The summed E-state index contributed by atoms with van der Waals surface area (Å²) in [5, 5.41) is 11.8. The van der Waals surface area contributed by atoms with Gasteiger partial charge in [0.15, 0.2) is 0 Å². The highest BCUT2D eigenvalue weighted by molar-refractivity contribution is 5.92. The Morgan fingerprint density at radius 3 is 2.44 bits per heavy atom. The quantitative estimate of drug-likeness (QED) is 0.884. The van der Waals surface area contributed by atoms with Gasteiger partial charge >= 0.3 is 0 Å². The lowest BCUT2D eigenvalue weighted by Gasteiger charge is -2.35. The molecule has 0 saturated carbocycles. The maximum absolute atomic E-state index is 14.2. The summed E-state index contributed by atoms with van der Waals surface area (Å²) in [5.74, 6) is -0.423. The van der Waals surface area contributed by atoms with E-state index in [1.54, 1.807) is 12.1 Å². The van der Waals surface area contributed by atoms with Crippen molar-refractivity contribution in [3.05, 3.63) is 59.4 Å². The Balaban J connectivity index is 1.50. The van der Waals surface area contributed by atoms with E-state index in [1.165, 1.54) is 11.6 Å². The lowest BCUT2D eigenvalue weighted by Crippen LogP contribution is -2.48. The van der Waals surface area contributed by atoms with Gasteiger partial charge in [0.1, 0.15) is 5.82 Å². The number of hydrogen-bond acceptors (Lipinski definition) is 4. The monoisotopic (exact) mass is 366 g/mol. The van der Waals surface area contributed by atoms with Gasteiger partial charge in [0.25, 0.3) is 0 Å². The molecule has 1 aliphatic heterocycles. The number of carbonyl (C=O) groups excluding carboxylic acids is 1. The first-order chi connectivity index (χ1) is 13.1. The number of anilines is 2. The third-order valence-corrected chi connectivity index (χ3v) is 4.80. The summed E-state index contributed by atoms with van der Waals surface area (Å²) < 4.78 is 14.2. The van der Waals surface area contributed by atoms with Gasteiger partial charge in [-0.15, -0.1) is 0 Å². The van der Waals surface area contributed by atoms with Crippen molar-refractivity contribution in [1.29, 1.82) is 5.26 Å². The fourth-order valence-electron chi connectivity index (χ4n) is 3.21. The van der Waals surface area contributed by atoms with Crippen LogP contribution < -0.4 is 10.2 Å². The fraction of sp³-hybridized carbons (Fsp3) is 0.333. The highest BCUT2D eigenvalue weighted by Crippen LogP contribution is 2.21. The Morgan fingerprint density at radius 2 is 1.85 bits per heavy atom. The van der Waals surface area contributed by atoms with E-state index in [9.17, 15) is 9.18 Å². The van der Waals surface area contributed by atoms with Gasteiger partial charge in [-0.1, -0.05) is 19.1 Å². The van der Waals surface area contributed by atoms with Crippen LogP contribution in [0, 0.1) is 17.1 Å². The minimum atomic E-state index is -0.379. The van der Waals surface area contributed by atoms with Crippen LogP contribution in [0.25, 0.3) is 0 Å². The second-order valence-corrected chi connectivity index (χ2v) is 6.64. The average Bonchev–Trinajstić information content (AvgIpc) is 2.69. The van der Waals surface area contributed by atoms with Crippen LogP contribution in [0.2, 0.25) is 0 Å². The zero-order valence-corrected chi connectivity index (χ0v) is 15.4. The number of halogens is 1. The van der Waals surface area contributed by atoms with Crippen LogP contribution in [0.1, 0.15) is 18.1 Å². The summed E-state index contributed by atoms with van der Waals surface area (Å²) in [6, 6.07) is 14.3. The maximum Gasteiger partial charge on any atom is 0.238 e. The molecular weight excluding hydrogens is 343 g/mol. The number of hydrogen-bond donors (Lipinski definition) is 1. The molecule has 1 heterocycles. The van der Waals surface area contributed by atoms with Crippen LogP contribution in [0.3, 0.4) is 0 Å². The summed E-state index contributed by atoms with van der Waals surface area (Å²) in [6.07, 6.45) is 0.971. The summed E-state index contributed by atoms with van der Waals surface area (Å²) in [6.45, 7) is 5.06. The molecule has 0 unspecified atom stereocenters. The molecule has 140 valence electrons. The summed E-state index contributed by atoms with van der Waals surface area (Å²) >= 11 is 0. The van der Waals surface area contributed by atoms with E-state index in [0.717, 1.165) is 12.1 Å². The van der Waals surface area contributed by atoms with Crippen LogP contribution in [0.5, 0.6) is 0 Å². The van der Waals surface area contributed by atoms with Gasteiger partial charge < -0.3 is 10.2 Å². The van der Waals surface area contributed by atoms with Crippen molar-refractivity contribution in [1.82, 2.24) is 4.90 Å². The fourth-order valence-corrected chi connectivity index (χ4v) is 3.21. The standard InChI is InChI=1S/C21H23FN4O/c1-2-16-3-6-18(7-4-16)24-21(27)15-25-9-11-26(12-10-25)20-8-5-17(14-23)13-19(20)22/h3-8,13H,2,9-12,15H2,1H3,(H,24,27). The first-order valence-electron chi connectivity index (χ1n) is 9.15. The van der Waals surface area contributed by atoms with E-state index in [-0.39, 0.29) is 11.7 Å². The largest absolute Gasteiger partial charge is 0.367 e. The van der Waals surface area contributed by atoms with Crippen LogP contribution in [0.4, 0.5) is 15.8 Å². The first kappa shape index (κ1) is 18.9. The Hall–Kier alpha value is -2.91. The van der Waals surface area contributed by atoms with E-state index in [4.69, 9.17) is 5.26 Å².